The molecular weight excluding hydrogens is 210 g/mol. The molecule has 2 heteroatoms. The normalized spacial score (nSPS) is 28.0. The molecule has 1 aliphatic carbocycles. The van der Waals surface area contributed by atoms with Crippen LogP contribution in [0.1, 0.15) is 36.3 Å². The highest BCUT2D eigenvalue weighted by Gasteiger charge is 2.21. The molecule has 0 saturated carbocycles. The molecule has 1 saturated heterocycles. The molecule has 1 N–H and O–H groups in total. The van der Waals surface area contributed by atoms with Crippen molar-refractivity contribution in [2.45, 2.75) is 37.6 Å². The summed E-state index contributed by atoms with van der Waals surface area (Å²) in [6, 6.07) is 9.53. The fourth-order valence-electron chi connectivity index (χ4n) is 3.07. The molecule has 1 fully saturated rings. The van der Waals surface area contributed by atoms with Crippen molar-refractivity contribution < 1.29 is 4.74 Å². The van der Waals surface area contributed by atoms with E-state index in [0.29, 0.717) is 12.0 Å². The maximum absolute atomic E-state index is 5.40. The second-order valence-corrected chi connectivity index (χ2v) is 5.26. The summed E-state index contributed by atoms with van der Waals surface area (Å²) in [6.45, 7) is 2.94. The van der Waals surface area contributed by atoms with Crippen molar-refractivity contribution in [2.75, 3.05) is 19.8 Å². The smallest absolute Gasteiger partial charge is 0.0620 e. The van der Waals surface area contributed by atoms with E-state index in [1.54, 1.807) is 11.1 Å². The van der Waals surface area contributed by atoms with Crippen LogP contribution in [0.25, 0.3) is 0 Å². The minimum atomic E-state index is 0.587. The van der Waals surface area contributed by atoms with Crippen LogP contribution >= 0.6 is 0 Å². The van der Waals surface area contributed by atoms with Crippen molar-refractivity contribution in [3.8, 4) is 0 Å². The van der Waals surface area contributed by atoms with Gasteiger partial charge in [-0.15, -0.1) is 0 Å². The molecule has 1 aliphatic heterocycles. The molecule has 2 aliphatic rings. The summed E-state index contributed by atoms with van der Waals surface area (Å²) < 4.78 is 5.40. The summed E-state index contributed by atoms with van der Waals surface area (Å²) in [5, 5.41) is 3.67. The van der Waals surface area contributed by atoms with Gasteiger partial charge in [-0.2, -0.15) is 0 Å². The third-order valence-electron chi connectivity index (χ3n) is 4.08. The quantitative estimate of drug-likeness (QED) is 0.863. The van der Waals surface area contributed by atoms with Crippen LogP contribution in [-0.4, -0.2) is 25.8 Å². The van der Waals surface area contributed by atoms with Crippen molar-refractivity contribution in [2.24, 2.45) is 0 Å². The van der Waals surface area contributed by atoms with Crippen LogP contribution in [0.4, 0.5) is 0 Å². The minimum absolute atomic E-state index is 0.587. The maximum Gasteiger partial charge on any atom is 0.0620 e. The van der Waals surface area contributed by atoms with Crippen LogP contribution in [-0.2, 0) is 11.2 Å². The second kappa shape index (κ2) is 5.19. The van der Waals surface area contributed by atoms with Gasteiger partial charge in [-0.25, -0.2) is 0 Å². The number of hydrogen-bond donors (Lipinski definition) is 1. The van der Waals surface area contributed by atoms with Gasteiger partial charge < -0.3 is 10.1 Å². The van der Waals surface area contributed by atoms with E-state index >= 15 is 0 Å². The Morgan fingerprint density at radius 3 is 3.06 bits per heavy atom. The highest BCUT2D eigenvalue weighted by Crippen LogP contribution is 2.30. The van der Waals surface area contributed by atoms with Gasteiger partial charge in [0, 0.05) is 19.2 Å². The first-order valence-corrected chi connectivity index (χ1v) is 6.82. The summed E-state index contributed by atoms with van der Waals surface area (Å²) in [5.74, 6) is 0.709. The van der Waals surface area contributed by atoms with E-state index in [-0.39, 0.29) is 0 Å². The molecule has 2 atom stereocenters. The molecule has 0 aromatic heterocycles. The Morgan fingerprint density at radius 2 is 2.18 bits per heavy atom. The first-order chi connectivity index (χ1) is 8.43. The van der Waals surface area contributed by atoms with E-state index in [1.807, 2.05) is 0 Å². The van der Waals surface area contributed by atoms with E-state index in [4.69, 9.17) is 4.74 Å². The van der Waals surface area contributed by atoms with Gasteiger partial charge in [0.25, 0.3) is 0 Å². The zero-order valence-electron chi connectivity index (χ0n) is 10.3. The fourth-order valence-corrected chi connectivity index (χ4v) is 3.07. The van der Waals surface area contributed by atoms with Crippen molar-refractivity contribution in [1.29, 1.82) is 0 Å². The maximum atomic E-state index is 5.40. The first kappa shape index (κ1) is 11.2. The van der Waals surface area contributed by atoms with Crippen LogP contribution in [0, 0.1) is 0 Å². The number of benzene rings is 1. The molecule has 3 rings (SSSR count). The van der Waals surface area contributed by atoms with Crippen molar-refractivity contribution in [1.82, 2.24) is 5.32 Å². The average molecular weight is 231 g/mol. The summed E-state index contributed by atoms with van der Waals surface area (Å²) in [7, 11) is 0. The topological polar surface area (TPSA) is 21.3 Å². The molecule has 0 bridgehead atoms. The zero-order valence-corrected chi connectivity index (χ0v) is 10.3. The number of rotatable bonds is 3. The molecule has 0 radical (unpaired) electrons. The standard InChI is InChI=1S/C15H21NO/c1-2-7-15-12(4-1)5-3-6-13(15)10-16-14-8-9-17-11-14/h1-2,4,7,13-14,16H,3,5-6,8-11H2. The third-order valence-corrected chi connectivity index (χ3v) is 4.08. The number of ether oxygens (including phenoxy) is 1. The van der Waals surface area contributed by atoms with Gasteiger partial charge in [-0.1, -0.05) is 24.3 Å². The lowest BCUT2D eigenvalue weighted by Gasteiger charge is -2.26. The van der Waals surface area contributed by atoms with Gasteiger partial charge in [-0.3, -0.25) is 0 Å². The zero-order chi connectivity index (χ0) is 11.5. The van der Waals surface area contributed by atoms with Crippen LogP contribution in [0.15, 0.2) is 24.3 Å². The molecule has 1 aromatic rings. The molecular formula is C15H21NO. The first-order valence-electron chi connectivity index (χ1n) is 6.82. The van der Waals surface area contributed by atoms with Crippen LogP contribution in [0.5, 0.6) is 0 Å². The Kier molecular flexibility index (Phi) is 3.44. The molecule has 2 unspecified atom stereocenters. The monoisotopic (exact) mass is 231 g/mol. The SMILES string of the molecule is c1ccc2c(c1)CCCC2CNC1CCOC1. The van der Waals surface area contributed by atoms with Crippen LogP contribution in [0.2, 0.25) is 0 Å². The van der Waals surface area contributed by atoms with Crippen LogP contribution < -0.4 is 5.32 Å². The Balaban J connectivity index is 1.64. The summed E-state index contributed by atoms with van der Waals surface area (Å²) in [6.07, 6.45) is 5.11. The number of hydrogen-bond acceptors (Lipinski definition) is 2. The number of aryl methyl sites for hydroxylation is 1. The highest BCUT2D eigenvalue weighted by molar-refractivity contribution is 5.32. The highest BCUT2D eigenvalue weighted by atomic mass is 16.5. The van der Waals surface area contributed by atoms with E-state index in [9.17, 15) is 0 Å². The lowest BCUT2D eigenvalue weighted by molar-refractivity contribution is 0.189. The number of nitrogens with one attached hydrogen (secondary N) is 1. The van der Waals surface area contributed by atoms with Gasteiger partial charge in [0.15, 0.2) is 0 Å². The molecule has 1 aromatic carbocycles. The van der Waals surface area contributed by atoms with Crippen LogP contribution in [0.3, 0.4) is 0 Å². The fraction of sp³-hybridized carbons (Fsp3) is 0.600. The van der Waals surface area contributed by atoms with Gasteiger partial charge in [0.05, 0.1) is 6.61 Å². The molecule has 0 spiro atoms. The van der Waals surface area contributed by atoms with E-state index < -0.39 is 0 Å². The largest absolute Gasteiger partial charge is 0.380 e. The van der Waals surface area contributed by atoms with E-state index in [1.165, 1.54) is 25.7 Å². The second-order valence-electron chi connectivity index (χ2n) is 5.26. The average Bonchev–Trinajstić information content (AvgIpc) is 2.89. The van der Waals surface area contributed by atoms with Gasteiger partial charge >= 0.3 is 0 Å². The van der Waals surface area contributed by atoms with Crippen molar-refractivity contribution >= 4 is 0 Å². The molecule has 1 heterocycles. The number of fused-ring (bicyclic) bond motifs is 1. The molecule has 0 amide bonds. The predicted octanol–water partition coefficient (Wildman–Crippen LogP) is 2.49. The van der Waals surface area contributed by atoms with E-state index in [0.717, 1.165) is 19.8 Å². The lowest BCUT2D eigenvalue weighted by Crippen LogP contribution is -2.33. The predicted molar refractivity (Wildman–Crippen MR) is 69.3 cm³/mol. The Bertz CT molecular complexity index is 371. The molecule has 92 valence electrons. The minimum Gasteiger partial charge on any atom is -0.380 e. The third kappa shape index (κ3) is 2.53. The summed E-state index contributed by atoms with van der Waals surface area (Å²) in [4.78, 5) is 0. The lowest BCUT2D eigenvalue weighted by atomic mass is 9.83. The van der Waals surface area contributed by atoms with Crippen molar-refractivity contribution in [3.63, 3.8) is 0 Å². The Hall–Kier alpha value is -0.860. The summed E-state index contributed by atoms with van der Waals surface area (Å²) in [5.41, 5.74) is 3.14. The van der Waals surface area contributed by atoms with Gasteiger partial charge in [-0.05, 0) is 42.7 Å². The van der Waals surface area contributed by atoms with Gasteiger partial charge in [0.2, 0.25) is 0 Å². The van der Waals surface area contributed by atoms with Crippen molar-refractivity contribution in [3.05, 3.63) is 35.4 Å². The molecule has 17 heavy (non-hydrogen) atoms. The molecule has 2 nitrogen and oxygen atoms in total. The Labute approximate surface area is 103 Å². The summed E-state index contributed by atoms with van der Waals surface area (Å²) >= 11 is 0. The van der Waals surface area contributed by atoms with E-state index in [2.05, 4.69) is 29.6 Å². The van der Waals surface area contributed by atoms with Gasteiger partial charge in [0.1, 0.15) is 0 Å². The Morgan fingerprint density at radius 1 is 1.24 bits per heavy atom.